The number of aromatic amines is 1. The fourth-order valence-corrected chi connectivity index (χ4v) is 4.22. The summed E-state index contributed by atoms with van der Waals surface area (Å²) < 4.78 is 84.8. The average Bonchev–Trinajstić information content (AvgIpc) is 3.29. The fraction of sp³-hybridized carbons (Fsp3) is 0.111. The molecule has 0 bridgehead atoms. The van der Waals surface area contributed by atoms with Gasteiger partial charge in [-0.3, -0.25) is 4.79 Å². The van der Waals surface area contributed by atoms with E-state index in [-0.39, 0.29) is 44.9 Å². The lowest BCUT2D eigenvalue weighted by molar-refractivity contribution is -0.193. The lowest BCUT2D eigenvalue weighted by Crippen LogP contribution is -2.24. The molecule has 0 atom stereocenters. The van der Waals surface area contributed by atoms with Crippen molar-refractivity contribution in [2.24, 2.45) is 0 Å². The van der Waals surface area contributed by atoms with Gasteiger partial charge in [-0.05, 0) is 58.4 Å². The molecule has 1 heterocycles. The van der Waals surface area contributed by atoms with Gasteiger partial charge in [0.1, 0.15) is 11.4 Å². The van der Waals surface area contributed by atoms with Gasteiger partial charge in [-0.15, -0.1) is 0 Å². The maximum absolute atomic E-state index is 15.2. The number of hydrogen-bond acceptors (Lipinski definition) is 6. The Balaban J connectivity index is 0.000000459. The molecule has 250 valence electrons. The molecule has 0 saturated heterocycles. The van der Waals surface area contributed by atoms with Crippen LogP contribution in [-0.2, 0) is 16.1 Å². The van der Waals surface area contributed by atoms with Gasteiger partial charge in [0.05, 0.1) is 21.1 Å². The summed E-state index contributed by atoms with van der Waals surface area (Å²) in [7, 11) is 0. The van der Waals surface area contributed by atoms with Crippen molar-refractivity contribution in [3.63, 3.8) is 0 Å². The number of carbonyl (C=O) groups is 3. The van der Waals surface area contributed by atoms with Gasteiger partial charge in [-0.1, -0.05) is 29.3 Å². The van der Waals surface area contributed by atoms with Crippen LogP contribution in [0.25, 0.3) is 10.9 Å². The predicted octanol–water partition coefficient (Wildman–Crippen LogP) is 7.82. The monoisotopic (exact) mass is 774 g/mol. The molecule has 0 fully saturated rings. The van der Waals surface area contributed by atoms with Crippen molar-refractivity contribution in [1.29, 1.82) is 5.26 Å². The largest absolute Gasteiger partial charge is 0.490 e. The molecule has 0 saturated carbocycles. The highest BCUT2D eigenvalue weighted by Crippen LogP contribution is 2.35. The number of alkyl halides is 6. The first-order valence-electron chi connectivity index (χ1n) is 12.0. The standard InChI is InChI=1S/C23H14BrCl2FN4O2.2C2HF3O2/c24-19-16-8-14(29)2-4-18(16)31-21(19)23(32)30-10-12-1-3-17(26)22(20(12)27)33-15-6-11(9-28)5-13(25)7-15;2*3-2(4,5)1(6)7/h1-8,31H,10,29H2,(H,30,32);2*(H,6,7). The third kappa shape index (κ3) is 10.9. The molecule has 10 nitrogen and oxygen atoms in total. The van der Waals surface area contributed by atoms with Crippen molar-refractivity contribution in [2.45, 2.75) is 18.9 Å². The lowest BCUT2D eigenvalue weighted by atomic mass is 10.2. The number of benzene rings is 3. The molecule has 4 rings (SSSR count). The van der Waals surface area contributed by atoms with Gasteiger partial charge in [-0.2, -0.15) is 31.6 Å². The van der Waals surface area contributed by atoms with Gasteiger partial charge in [0.25, 0.3) is 5.91 Å². The normalized spacial score (nSPS) is 10.9. The zero-order valence-electron chi connectivity index (χ0n) is 22.7. The molecular formula is C27H16BrCl2F7N4O6. The number of nitriles is 1. The number of anilines is 1. The summed E-state index contributed by atoms with van der Waals surface area (Å²) in [6, 6.07) is 14.4. The van der Waals surface area contributed by atoms with Gasteiger partial charge in [0, 0.05) is 33.7 Å². The molecule has 1 amide bonds. The van der Waals surface area contributed by atoms with Gasteiger partial charge >= 0.3 is 24.3 Å². The maximum Gasteiger partial charge on any atom is 0.490 e. The Morgan fingerprint density at radius 3 is 2.09 bits per heavy atom. The number of aliphatic carboxylic acids is 2. The van der Waals surface area contributed by atoms with Crippen LogP contribution in [0.2, 0.25) is 10.0 Å². The van der Waals surface area contributed by atoms with E-state index in [0.717, 1.165) is 10.9 Å². The number of amides is 1. The number of fused-ring (bicyclic) bond motifs is 1. The third-order valence-corrected chi connectivity index (χ3v) is 6.60. The molecule has 20 heteroatoms. The molecule has 0 unspecified atom stereocenters. The molecule has 0 aliphatic carbocycles. The van der Waals surface area contributed by atoms with Crippen molar-refractivity contribution >= 4 is 73.6 Å². The maximum atomic E-state index is 15.2. The van der Waals surface area contributed by atoms with Crippen LogP contribution >= 0.6 is 39.1 Å². The summed E-state index contributed by atoms with van der Waals surface area (Å²) in [4.78, 5) is 33.5. The number of carboxylic acids is 2. The number of carboxylic acid groups (broad SMARTS) is 2. The van der Waals surface area contributed by atoms with E-state index in [1.807, 2.05) is 6.07 Å². The second-order valence-corrected chi connectivity index (χ2v) is 10.3. The highest BCUT2D eigenvalue weighted by Gasteiger charge is 2.38. The van der Waals surface area contributed by atoms with Crippen molar-refractivity contribution in [3.8, 4) is 17.6 Å². The zero-order chi connectivity index (χ0) is 35.9. The lowest BCUT2D eigenvalue weighted by Gasteiger charge is -2.13. The van der Waals surface area contributed by atoms with Gasteiger partial charge in [0.2, 0.25) is 0 Å². The van der Waals surface area contributed by atoms with E-state index in [4.69, 9.17) is 58.7 Å². The van der Waals surface area contributed by atoms with Crippen molar-refractivity contribution in [2.75, 3.05) is 5.73 Å². The van der Waals surface area contributed by atoms with E-state index in [1.54, 1.807) is 18.2 Å². The number of nitrogen functional groups attached to an aromatic ring is 1. The van der Waals surface area contributed by atoms with E-state index >= 15 is 4.39 Å². The van der Waals surface area contributed by atoms with Crippen LogP contribution in [0.15, 0.2) is 53.0 Å². The second-order valence-electron chi connectivity index (χ2n) is 8.65. The van der Waals surface area contributed by atoms with E-state index in [0.29, 0.717) is 10.2 Å². The summed E-state index contributed by atoms with van der Waals surface area (Å²) in [6.07, 6.45) is -10.2. The topological polar surface area (TPSA) is 179 Å². The quantitative estimate of drug-likeness (QED) is 0.101. The summed E-state index contributed by atoms with van der Waals surface area (Å²) in [5.41, 5.74) is 7.79. The SMILES string of the molecule is N#Cc1cc(Cl)cc(Oc2c(Cl)ccc(CNC(=O)c3[nH]c4ccc(N)cc4c3Br)c2F)c1.O=C(O)C(F)(F)F.O=C(O)C(F)(F)F. The smallest absolute Gasteiger partial charge is 0.475 e. The predicted molar refractivity (Wildman–Crippen MR) is 157 cm³/mol. The molecule has 47 heavy (non-hydrogen) atoms. The molecule has 6 N–H and O–H groups in total. The zero-order valence-corrected chi connectivity index (χ0v) is 25.8. The second kappa shape index (κ2) is 15.7. The Morgan fingerprint density at radius 2 is 1.55 bits per heavy atom. The molecular weight excluding hydrogens is 760 g/mol. The van der Waals surface area contributed by atoms with Crippen LogP contribution in [0.3, 0.4) is 0 Å². The molecule has 0 aliphatic heterocycles. The minimum Gasteiger partial charge on any atom is -0.475 e. The number of ether oxygens (including phenoxy) is 1. The minimum atomic E-state index is -5.08. The number of rotatable bonds is 5. The number of nitrogens with two attached hydrogens (primary N) is 1. The number of H-pyrrole nitrogens is 1. The van der Waals surface area contributed by atoms with Crippen molar-refractivity contribution in [3.05, 3.63) is 85.7 Å². The Hall–Kier alpha value is -4.73. The van der Waals surface area contributed by atoms with Gasteiger partial charge in [0.15, 0.2) is 11.6 Å². The Morgan fingerprint density at radius 1 is 0.979 bits per heavy atom. The average molecular weight is 776 g/mol. The highest BCUT2D eigenvalue weighted by molar-refractivity contribution is 9.10. The first-order valence-corrected chi connectivity index (χ1v) is 13.5. The first kappa shape index (κ1) is 38.5. The summed E-state index contributed by atoms with van der Waals surface area (Å²) >= 11 is 15.5. The van der Waals surface area contributed by atoms with Crippen LogP contribution in [0.4, 0.5) is 36.4 Å². The minimum absolute atomic E-state index is 0.0250. The summed E-state index contributed by atoms with van der Waals surface area (Å²) in [5, 5.41) is 27.1. The van der Waals surface area contributed by atoms with Crippen molar-refractivity contribution in [1.82, 2.24) is 10.3 Å². The van der Waals surface area contributed by atoms with E-state index in [1.165, 1.54) is 30.3 Å². The number of carbonyl (C=O) groups excluding carboxylic acids is 1. The number of halogens is 10. The highest BCUT2D eigenvalue weighted by atomic mass is 79.9. The summed E-state index contributed by atoms with van der Waals surface area (Å²) in [6.45, 7) is -0.124. The van der Waals surface area contributed by atoms with Crippen LogP contribution in [0.5, 0.6) is 11.5 Å². The number of nitrogens with one attached hydrogen (secondary N) is 2. The first-order chi connectivity index (χ1) is 21.6. The van der Waals surface area contributed by atoms with Crippen LogP contribution in [-0.4, -0.2) is 45.4 Å². The Bertz CT molecular complexity index is 1840. The molecule has 1 aromatic heterocycles. The van der Waals surface area contributed by atoms with Crippen LogP contribution < -0.4 is 15.8 Å². The Kier molecular flexibility index (Phi) is 12.9. The number of hydrogen-bond donors (Lipinski definition) is 5. The number of aromatic nitrogens is 1. The molecule has 0 spiro atoms. The molecule has 4 aromatic rings. The van der Waals surface area contributed by atoms with E-state index < -0.39 is 36.0 Å². The van der Waals surface area contributed by atoms with Gasteiger partial charge in [-0.25, -0.2) is 14.0 Å². The van der Waals surface area contributed by atoms with E-state index in [2.05, 4.69) is 26.2 Å². The molecule has 0 aliphatic rings. The third-order valence-electron chi connectivity index (χ3n) is 5.26. The van der Waals surface area contributed by atoms with E-state index in [9.17, 15) is 31.1 Å². The Labute approximate surface area is 276 Å². The fourth-order valence-electron chi connectivity index (χ4n) is 3.20. The van der Waals surface area contributed by atoms with Gasteiger partial charge < -0.3 is 31.0 Å². The van der Waals surface area contributed by atoms with Crippen LogP contribution in [0.1, 0.15) is 21.6 Å². The number of nitrogens with zero attached hydrogens (tertiary/aromatic N) is 1. The summed E-state index contributed by atoms with van der Waals surface area (Å²) in [5.74, 6) is -6.79. The van der Waals surface area contributed by atoms with Crippen molar-refractivity contribution < 1.29 is 60.1 Å². The molecule has 0 radical (unpaired) electrons. The molecule has 3 aromatic carbocycles. The van der Waals surface area contributed by atoms with Crippen LogP contribution in [0, 0.1) is 17.1 Å².